The summed E-state index contributed by atoms with van der Waals surface area (Å²) in [7, 11) is 1.55. The van der Waals surface area contributed by atoms with E-state index in [1.54, 1.807) is 4.90 Å². The highest BCUT2D eigenvalue weighted by Gasteiger charge is 2.55. The van der Waals surface area contributed by atoms with Gasteiger partial charge in [-0.15, -0.1) is 0 Å². The van der Waals surface area contributed by atoms with Crippen LogP contribution in [0.5, 0.6) is 0 Å². The fraction of sp³-hybridized carbons (Fsp3) is 1.00. The second kappa shape index (κ2) is 4.54. The second-order valence-corrected chi connectivity index (χ2v) is 9.62. The number of piperazine rings is 1. The Morgan fingerprint density at radius 1 is 1.00 bits per heavy atom. The van der Waals surface area contributed by atoms with Crippen molar-refractivity contribution in [3.05, 3.63) is 0 Å². The second-order valence-electron chi connectivity index (χ2n) is 7.74. The van der Waals surface area contributed by atoms with Gasteiger partial charge in [0, 0.05) is 0 Å². The summed E-state index contributed by atoms with van der Waals surface area (Å²) in [5.41, 5.74) is 0. The van der Waals surface area contributed by atoms with Crippen molar-refractivity contribution in [3.8, 4) is 0 Å². The van der Waals surface area contributed by atoms with E-state index in [0.717, 1.165) is 43.9 Å². The van der Waals surface area contributed by atoms with Crippen molar-refractivity contribution in [1.82, 2.24) is 4.31 Å². The number of nitrogens with zero attached hydrogens (tertiary/aromatic N) is 1. The van der Waals surface area contributed by atoms with Gasteiger partial charge in [0.05, 0.1) is 38.0 Å². The summed E-state index contributed by atoms with van der Waals surface area (Å²) in [6.07, 6.45) is 8.15. The minimum atomic E-state index is -0.706. The Balaban J connectivity index is 1.53. The molecule has 5 fully saturated rings. The lowest BCUT2D eigenvalue weighted by atomic mass is 9.56. The predicted molar refractivity (Wildman–Crippen MR) is 77.2 cm³/mol. The first-order valence-corrected chi connectivity index (χ1v) is 9.23. The molecular formula is C15H27N2OS+. The van der Waals surface area contributed by atoms with Gasteiger partial charge in [0.1, 0.15) is 11.0 Å². The first-order chi connectivity index (χ1) is 9.14. The first-order valence-electron chi connectivity index (χ1n) is 8.13. The van der Waals surface area contributed by atoms with Crippen LogP contribution < -0.4 is 4.90 Å². The summed E-state index contributed by atoms with van der Waals surface area (Å²) in [5, 5.41) is 0. The Morgan fingerprint density at radius 3 is 1.95 bits per heavy atom. The molecule has 1 N–H and O–H groups in total. The largest absolute Gasteiger partial charge is 0.335 e. The predicted octanol–water partition coefficient (Wildman–Crippen LogP) is 0.449. The quantitative estimate of drug-likeness (QED) is 0.782. The molecule has 4 heteroatoms. The van der Waals surface area contributed by atoms with Crippen LogP contribution in [0, 0.1) is 17.8 Å². The third-order valence-corrected chi connectivity index (χ3v) is 8.24. The number of quaternary nitrogens is 1. The van der Waals surface area contributed by atoms with Crippen molar-refractivity contribution in [1.29, 1.82) is 0 Å². The van der Waals surface area contributed by atoms with E-state index in [1.165, 1.54) is 38.5 Å². The fourth-order valence-corrected chi connectivity index (χ4v) is 7.75. The highest BCUT2D eigenvalue weighted by molar-refractivity contribution is 7.84. The van der Waals surface area contributed by atoms with Crippen LogP contribution in [-0.4, -0.2) is 46.5 Å². The Bertz CT molecular complexity index is 354. The van der Waals surface area contributed by atoms with Crippen LogP contribution in [0.3, 0.4) is 0 Å². The molecule has 1 heterocycles. The van der Waals surface area contributed by atoms with Crippen LogP contribution >= 0.6 is 0 Å². The zero-order valence-corrected chi connectivity index (χ0v) is 12.9. The Hall–Kier alpha value is 0.0700. The van der Waals surface area contributed by atoms with E-state index >= 15 is 0 Å². The summed E-state index contributed by atoms with van der Waals surface area (Å²) in [6, 6.07) is 0. The average Bonchev–Trinajstić information content (AvgIpc) is 2.37. The number of likely N-dealkylation sites (N-methyl/N-ethyl adjacent to an activating group) is 1. The minimum Gasteiger partial charge on any atom is -0.335 e. The van der Waals surface area contributed by atoms with Gasteiger partial charge in [-0.1, -0.05) is 0 Å². The molecule has 3 nitrogen and oxygen atoms in total. The van der Waals surface area contributed by atoms with Crippen LogP contribution in [-0.2, 0) is 11.0 Å². The molecule has 4 bridgehead atoms. The summed E-state index contributed by atoms with van der Waals surface area (Å²) in [4.78, 5) is 1.60. The van der Waals surface area contributed by atoms with Crippen molar-refractivity contribution in [2.24, 2.45) is 17.8 Å². The van der Waals surface area contributed by atoms with Gasteiger partial charge in [0.15, 0.2) is 0 Å². The normalized spacial score (nSPS) is 48.6. The smallest absolute Gasteiger partial charge is 0.101 e. The molecule has 0 unspecified atom stereocenters. The van der Waals surface area contributed by atoms with E-state index in [4.69, 9.17) is 0 Å². The van der Waals surface area contributed by atoms with Crippen molar-refractivity contribution in [2.45, 2.75) is 43.3 Å². The number of hydrogen-bond donors (Lipinski definition) is 1. The lowest BCUT2D eigenvalue weighted by molar-refractivity contribution is -0.883. The molecule has 5 rings (SSSR count). The lowest BCUT2D eigenvalue weighted by Crippen LogP contribution is -3.12. The van der Waals surface area contributed by atoms with Gasteiger partial charge in [-0.05, 0) is 56.3 Å². The van der Waals surface area contributed by atoms with E-state index in [1.807, 2.05) is 0 Å². The summed E-state index contributed by atoms with van der Waals surface area (Å²) >= 11 is 0. The van der Waals surface area contributed by atoms with E-state index in [9.17, 15) is 4.21 Å². The van der Waals surface area contributed by atoms with Crippen molar-refractivity contribution < 1.29 is 9.11 Å². The molecule has 1 atom stereocenters. The van der Waals surface area contributed by atoms with Crippen molar-refractivity contribution in [2.75, 3.05) is 33.2 Å². The maximum absolute atomic E-state index is 13.2. The van der Waals surface area contributed by atoms with Gasteiger partial charge in [-0.25, -0.2) is 8.51 Å². The van der Waals surface area contributed by atoms with E-state index in [-0.39, 0.29) is 4.75 Å². The summed E-state index contributed by atoms with van der Waals surface area (Å²) in [5.74, 6) is 2.73. The van der Waals surface area contributed by atoms with Crippen LogP contribution in [0.4, 0.5) is 0 Å². The number of rotatable bonds is 2. The van der Waals surface area contributed by atoms with E-state index < -0.39 is 11.0 Å². The Labute approximate surface area is 119 Å². The van der Waals surface area contributed by atoms with Crippen molar-refractivity contribution >= 4 is 11.0 Å². The molecule has 19 heavy (non-hydrogen) atoms. The van der Waals surface area contributed by atoms with E-state index in [0.29, 0.717) is 0 Å². The van der Waals surface area contributed by atoms with Gasteiger partial charge in [0.25, 0.3) is 0 Å². The third kappa shape index (κ3) is 2.11. The fourth-order valence-electron chi connectivity index (χ4n) is 5.55. The van der Waals surface area contributed by atoms with Crippen LogP contribution in [0.2, 0.25) is 0 Å². The third-order valence-electron chi connectivity index (χ3n) is 6.16. The molecule has 0 spiro atoms. The van der Waals surface area contributed by atoms with Gasteiger partial charge in [0.2, 0.25) is 0 Å². The van der Waals surface area contributed by atoms with Crippen LogP contribution in [0.15, 0.2) is 0 Å². The monoisotopic (exact) mass is 283 g/mol. The number of nitrogens with one attached hydrogen (secondary N) is 1. The highest BCUT2D eigenvalue weighted by atomic mass is 32.2. The van der Waals surface area contributed by atoms with Crippen molar-refractivity contribution in [3.63, 3.8) is 0 Å². The highest BCUT2D eigenvalue weighted by Crippen LogP contribution is 2.58. The molecule has 108 valence electrons. The SMILES string of the molecule is C[NH+]1CCN([S@@](=O)C23CC4CC(CC(C4)C2)C3)CC1. The zero-order chi connectivity index (χ0) is 13.0. The molecule has 0 amide bonds. The maximum Gasteiger partial charge on any atom is 0.101 e. The first kappa shape index (κ1) is 12.8. The van der Waals surface area contributed by atoms with Crippen LogP contribution in [0.25, 0.3) is 0 Å². The lowest BCUT2D eigenvalue weighted by Gasteiger charge is -2.56. The van der Waals surface area contributed by atoms with Crippen LogP contribution in [0.1, 0.15) is 38.5 Å². The zero-order valence-electron chi connectivity index (χ0n) is 12.1. The average molecular weight is 283 g/mol. The van der Waals surface area contributed by atoms with Gasteiger partial charge in [-0.2, -0.15) is 0 Å². The molecule has 5 aliphatic rings. The maximum atomic E-state index is 13.2. The molecule has 0 aromatic carbocycles. The molecule has 0 radical (unpaired) electrons. The molecule has 1 saturated heterocycles. The number of hydrogen-bond acceptors (Lipinski definition) is 1. The summed E-state index contributed by atoms with van der Waals surface area (Å²) in [6.45, 7) is 4.41. The minimum absolute atomic E-state index is 0.194. The molecule has 0 aromatic heterocycles. The Kier molecular flexibility index (Phi) is 3.05. The summed E-state index contributed by atoms with van der Waals surface area (Å²) < 4.78 is 15.7. The van der Waals surface area contributed by atoms with E-state index in [2.05, 4.69) is 11.4 Å². The topological polar surface area (TPSA) is 24.8 Å². The molecule has 4 saturated carbocycles. The molecule has 1 aliphatic heterocycles. The van der Waals surface area contributed by atoms with Gasteiger partial charge < -0.3 is 4.90 Å². The molecule has 4 aliphatic carbocycles. The molecular weight excluding hydrogens is 256 g/mol. The molecule has 0 aromatic rings. The van der Waals surface area contributed by atoms with Gasteiger partial charge in [-0.3, -0.25) is 0 Å². The van der Waals surface area contributed by atoms with Gasteiger partial charge >= 0.3 is 0 Å². The standard InChI is InChI=1S/C15H26N2OS/c1-16-2-4-17(5-3-16)19(18)15-9-12-6-13(10-15)8-14(7-12)11-15/h12-14H,2-11H2,1H3/p+1/t12?,13?,14?,15?,19-/m0/s1. The Morgan fingerprint density at radius 2 is 1.47 bits per heavy atom.